The summed E-state index contributed by atoms with van der Waals surface area (Å²) in [5, 5.41) is 2.98. The van der Waals surface area contributed by atoms with Gasteiger partial charge in [-0.1, -0.05) is 29.3 Å². The summed E-state index contributed by atoms with van der Waals surface area (Å²) < 4.78 is 0. The van der Waals surface area contributed by atoms with E-state index in [1.54, 1.807) is 6.07 Å². The normalized spacial score (nSPS) is 10.2. The molecule has 0 atom stereocenters. The number of hydrogen-bond donors (Lipinski definition) is 1. The molecule has 0 saturated heterocycles. The predicted octanol–water partition coefficient (Wildman–Crippen LogP) is 3.00. The molecule has 0 radical (unpaired) electrons. The van der Waals surface area contributed by atoms with E-state index in [1.165, 1.54) is 12.4 Å². The summed E-state index contributed by atoms with van der Waals surface area (Å²) in [6.45, 7) is 3.88. The van der Waals surface area contributed by atoms with Crippen molar-refractivity contribution in [2.75, 3.05) is 5.32 Å². The summed E-state index contributed by atoms with van der Waals surface area (Å²) >= 11 is 5.72. The molecule has 0 bridgehead atoms. The Bertz CT molecular complexity index is 599. The van der Waals surface area contributed by atoms with Gasteiger partial charge in [0.25, 0.3) is 5.91 Å². The van der Waals surface area contributed by atoms with Crippen molar-refractivity contribution in [3.8, 4) is 0 Å². The molecule has 92 valence electrons. The molecule has 0 spiro atoms. The standard InChI is InChI=1S/C13H12ClN3O/c1-8-3-4-10(9(2)5-8)13(18)17-12-6-11(14)15-7-16-12/h3-7H,1-2H3,(H,15,16,17,18). The van der Waals surface area contributed by atoms with Crippen LogP contribution in [0.25, 0.3) is 0 Å². The zero-order valence-electron chi connectivity index (χ0n) is 10.1. The third-order valence-corrected chi connectivity index (χ3v) is 2.71. The largest absolute Gasteiger partial charge is 0.306 e. The number of nitrogens with zero attached hydrogens (tertiary/aromatic N) is 2. The van der Waals surface area contributed by atoms with Crippen molar-refractivity contribution in [3.63, 3.8) is 0 Å². The number of amides is 1. The number of benzene rings is 1. The van der Waals surface area contributed by atoms with Crippen LogP contribution in [0.15, 0.2) is 30.6 Å². The maximum Gasteiger partial charge on any atom is 0.257 e. The van der Waals surface area contributed by atoms with Gasteiger partial charge in [0.05, 0.1) is 0 Å². The van der Waals surface area contributed by atoms with Crippen molar-refractivity contribution < 1.29 is 4.79 Å². The van der Waals surface area contributed by atoms with Crippen LogP contribution in [-0.4, -0.2) is 15.9 Å². The van der Waals surface area contributed by atoms with Gasteiger partial charge in [-0.05, 0) is 25.5 Å². The van der Waals surface area contributed by atoms with E-state index in [4.69, 9.17) is 11.6 Å². The molecule has 2 aromatic rings. The van der Waals surface area contributed by atoms with Crippen LogP contribution in [0.4, 0.5) is 5.82 Å². The number of carbonyl (C=O) groups excluding carboxylic acids is 1. The molecule has 1 N–H and O–H groups in total. The SMILES string of the molecule is Cc1ccc(C(=O)Nc2cc(Cl)ncn2)c(C)c1. The van der Waals surface area contributed by atoms with Crippen molar-refractivity contribution in [1.82, 2.24) is 9.97 Å². The molecular weight excluding hydrogens is 250 g/mol. The molecule has 4 nitrogen and oxygen atoms in total. The molecule has 5 heteroatoms. The van der Waals surface area contributed by atoms with Gasteiger partial charge in [-0.25, -0.2) is 9.97 Å². The Kier molecular flexibility index (Phi) is 3.58. The lowest BCUT2D eigenvalue weighted by Gasteiger charge is -2.07. The fraction of sp³-hybridized carbons (Fsp3) is 0.154. The first-order valence-electron chi connectivity index (χ1n) is 5.42. The number of nitrogens with one attached hydrogen (secondary N) is 1. The van der Waals surface area contributed by atoms with Crippen LogP contribution in [0.1, 0.15) is 21.5 Å². The summed E-state index contributed by atoms with van der Waals surface area (Å²) in [6, 6.07) is 7.16. The minimum Gasteiger partial charge on any atom is -0.306 e. The molecule has 0 saturated carbocycles. The summed E-state index contributed by atoms with van der Waals surface area (Å²) in [5.74, 6) is 0.183. The molecule has 18 heavy (non-hydrogen) atoms. The monoisotopic (exact) mass is 261 g/mol. The molecule has 0 unspecified atom stereocenters. The lowest BCUT2D eigenvalue weighted by atomic mass is 10.1. The second kappa shape index (κ2) is 5.14. The van der Waals surface area contributed by atoms with E-state index >= 15 is 0 Å². The maximum atomic E-state index is 12.0. The van der Waals surface area contributed by atoms with Crippen LogP contribution >= 0.6 is 11.6 Å². The average molecular weight is 262 g/mol. The number of aryl methyl sites for hydroxylation is 2. The molecule has 0 aliphatic rings. The third-order valence-electron chi connectivity index (χ3n) is 2.50. The summed E-state index contributed by atoms with van der Waals surface area (Å²) in [5.41, 5.74) is 2.66. The van der Waals surface area contributed by atoms with Crippen molar-refractivity contribution in [2.24, 2.45) is 0 Å². The van der Waals surface area contributed by atoms with E-state index < -0.39 is 0 Å². The molecular formula is C13H12ClN3O. The number of halogens is 1. The quantitative estimate of drug-likeness (QED) is 0.846. The molecule has 1 heterocycles. The molecule has 1 aromatic heterocycles. The Morgan fingerprint density at radius 3 is 2.67 bits per heavy atom. The minimum atomic E-state index is -0.206. The lowest BCUT2D eigenvalue weighted by Crippen LogP contribution is -2.14. The molecule has 0 aliphatic carbocycles. The zero-order chi connectivity index (χ0) is 13.1. The fourth-order valence-corrected chi connectivity index (χ4v) is 1.80. The highest BCUT2D eigenvalue weighted by atomic mass is 35.5. The second-order valence-corrected chi connectivity index (χ2v) is 4.39. The number of anilines is 1. The van der Waals surface area contributed by atoms with Crippen LogP contribution in [0.2, 0.25) is 5.15 Å². The third kappa shape index (κ3) is 2.84. The topological polar surface area (TPSA) is 54.9 Å². The van der Waals surface area contributed by atoms with Gasteiger partial charge in [0, 0.05) is 11.6 Å². The Hall–Kier alpha value is -1.94. The highest BCUT2D eigenvalue weighted by molar-refractivity contribution is 6.29. The van der Waals surface area contributed by atoms with Gasteiger partial charge in [0.15, 0.2) is 0 Å². The Morgan fingerprint density at radius 2 is 2.00 bits per heavy atom. The van der Waals surface area contributed by atoms with Crippen LogP contribution in [-0.2, 0) is 0 Å². The molecule has 0 aliphatic heterocycles. The first-order valence-corrected chi connectivity index (χ1v) is 5.80. The van der Waals surface area contributed by atoms with Gasteiger partial charge in [0.1, 0.15) is 17.3 Å². The predicted molar refractivity (Wildman–Crippen MR) is 70.9 cm³/mol. The minimum absolute atomic E-state index is 0.206. The van der Waals surface area contributed by atoms with Gasteiger partial charge in [0.2, 0.25) is 0 Å². The average Bonchev–Trinajstić information content (AvgIpc) is 2.28. The van der Waals surface area contributed by atoms with E-state index in [0.29, 0.717) is 16.5 Å². The Balaban J connectivity index is 2.22. The van der Waals surface area contributed by atoms with Gasteiger partial charge < -0.3 is 5.32 Å². The van der Waals surface area contributed by atoms with Gasteiger partial charge >= 0.3 is 0 Å². The highest BCUT2D eigenvalue weighted by Crippen LogP contribution is 2.14. The highest BCUT2D eigenvalue weighted by Gasteiger charge is 2.10. The van der Waals surface area contributed by atoms with Gasteiger partial charge in [-0.3, -0.25) is 4.79 Å². The zero-order valence-corrected chi connectivity index (χ0v) is 10.8. The fourth-order valence-electron chi connectivity index (χ4n) is 1.65. The Labute approximate surface area is 110 Å². The van der Waals surface area contributed by atoms with Crippen LogP contribution in [0, 0.1) is 13.8 Å². The van der Waals surface area contributed by atoms with Gasteiger partial charge in [-0.2, -0.15) is 0 Å². The number of hydrogen-bond acceptors (Lipinski definition) is 3. The summed E-state index contributed by atoms with van der Waals surface area (Å²) in [4.78, 5) is 19.7. The van der Waals surface area contributed by atoms with Crippen molar-refractivity contribution in [2.45, 2.75) is 13.8 Å². The number of rotatable bonds is 2. The van der Waals surface area contributed by atoms with E-state index in [-0.39, 0.29) is 5.91 Å². The maximum absolute atomic E-state index is 12.0. The van der Waals surface area contributed by atoms with Crippen molar-refractivity contribution in [1.29, 1.82) is 0 Å². The van der Waals surface area contributed by atoms with Crippen molar-refractivity contribution >= 4 is 23.3 Å². The van der Waals surface area contributed by atoms with Crippen LogP contribution in [0.5, 0.6) is 0 Å². The second-order valence-electron chi connectivity index (χ2n) is 4.00. The number of carbonyl (C=O) groups is 1. The summed E-state index contributed by atoms with van der Waals surface area (Å²) in [7, 11) is 0. The molecule has 1 amide bonds. The molecule has 0 fully saturated rings. The first kappa shape index (κ1) is 12.5. The number of aromatic nitrogens is 2. The molecule has 2 rings (SSSR count). The van der Waals surface area contributed by atoms with E-state index in [2.05, 4.69) is 15.3 Å². The van der Waals surface area contributed by atoms with E-state index in [1.807, 2.05) is 26.0 Å². The smallest absolute Gasteiger partial charge is 0.257 e. The van der Waals surface area contributed by atoms with E-state index in [0.717, 1.165) is 11.1 Å². The Morgan fingerprint density at radius 1 is 1.22 bits per heavy atom. The van der Waals surface area contributed by atoms with Gasteiger partial charge in [-0.15, -0.1) is 0 Å². The first-order chi connectivity index (χ1) is 8.56. The van der Waals surface area contributed by atoms with Crippen LogP contribution < -0.4 is 5.32 Å². The lowest BCUT2D eigenvalue weighted by molar-refractivity contribution is 0.102. The summed E-state index contributed by atoms with van der Waals surface area (Å²) in [6.07, 6.45) is 1.31. The van der Waals surface area contributed by atoms with E-state index in [9.17, 15) is 4.79 Å². The van der Waals surface area contributed by atoms with Crippen molar-refractivity contribution in [3.05, 3.63) is 52.4 Å². The van der Waals surface area contributed by atoms with Crippen LogP contribution in [0.3, 0.4) is 0 Å². The molecule has 1 aromatic carbocycles.